The minimum atomic E-state index is -0.332. The minimum Gasteiger partial charge on any atom is -0.469 e. The third-order valence-electron chi connectivity index (χ3n) is 3.82. The van der Waals surface area contributed by atoms with Gasteiger partial charge in [0.15, 0.2) is 0 Å². The second-order valence-electron chi connectivity index (χ2n) is 5.47. The number of ether oxygens (including phenoxy) is 1. The molecule has 1 aromatic carbocycles. The van der Waals surface area contributed by atoms with Crippen LogP contribution in [0.15, 0.2) is 18.2 Å². The van der Waals surface area contributed by atoms with Crippen LogP contribution in [-0.2, 0) is 16.0 Å². The van der Waals surface area contributed by atoms with E-state index in [0.29, 0.717) is 6.54 Å². The lowest BCUT2D eigenvalue weighted by Crippen LogP contribution is -2.35. The molecule has 21 heavy (non-hydrogen) atoms. The van der Waals surface area contributed by atoms with Crippen LogP contribution in [-0.4, -0.2) is 44.0 Å². The molecule has 0 bridgehead atoms. The van der Waals surface area contributed by atoms with Gasteiger partial charge >= 0.3 is 5.97 Å². The van der Waals surface area contributed by atoms with Crippen molar-refractivity contribution >= 4 is 17.6 Å². The summed E-state index contributed by atoms with van der Waals surface area (Å²) in [6, 6.07) is 5.75. The number of hydrogen-bond donors (Lipinski definition) is 1. The zero-order chi connectivity index (χ0) is 15.4. The number of hydrogen-bond acceptors (Lipinski definition) is 4. The summed E-state index contributed by atoms with van der Waals surface area (Å²) in [5.74, 6) is -0.681. The molecule has 0 radical (unpaired) electrons. The molecule has 1 unspecified atom stereocenters. The van der Waals surface area contributed by atoms with Crippen LogP contribution in [0.5, 0.6) is 0 Å². The fourth-order valence-corrected chi connectivity index (χ4v) is 2.69. The highest BCUT2D eigenvalue weighted by Gasteiger charge is 2.23. The first-order chi connectivity index (χ1) is 10.0. The molecule has 1 amide bonds. The molecule has 0 aliphatic carbocycles. The molecule has 1 atom stereocenters. The van der Waals surface area contributed by atoms with E-state index in [1.165, 1.54) is 7.11 Å². The molecule has 2 rings (SSSR count). The fraction of sp³-hybridized carbons (Fsp3) is 0.500. The molecule has 1 heterocycles. The smallest absolute Gasteiger partial charge is 0.310 e. The van der Waals surface area contributed by atoms with Gasteiger partial charge in [-0.15, -0.1) is 0 Å². The molecule has 1 N–H and O–H groups in total. The Bertz CT molecular complexity index is 542. The van der Waals surface area contributed by atoms with Gasteiger partial charge in [-0.3, -0.25) is 9.59 Å². The van der Waals surface area contributed by atoms with Crippen LogP contribution < -0.4 is 5.32 Å². The van der Waals surface area contributed by atoms with Gasteiger partial charge in [0.05, 0.1) is 13.0 Å². The summed E-state index contributed by atoms with van der Waals surface area (Å²) in [4.78, 5) is 25.7. The van der Waals surface area contributed by atoms with Gasteiger partial charge in [-0.25, -0.2) is 0 Å². The van der Waals surface area contributed by atoms with Crippen molar-refractivity contribution in [1.82, 2.24) is 4.90 Å². The molecule has 0 fully saturated rings. The summed E-state index contributed by atoms with van der Waals surface area (Å²) in [6.45, 7) is 3.06. The monoisotopic (exact) mass is 290 g/mol. The zero-order valence-electron chi connectivity index (χ0n) is 12.8. The zero-order valence-corrected chi connectivity index (χ0v) is 12.8. The Kier molecular flexibility index (Phi) is 4.83. The van der Waals surface area contributed by atoms with Gasteiger partial charge < -0.3 is 15.0 Å². The third-order valence-corrected chi connectivity index (χ3v) is 3.82. The molecular weight excluding hydrogens is 268 g/mol. The molecule has 114 valence electrons. The van der Waals surface area contributed by atoms with Gasteiger partial charge in [0.25, 0.3) is 5.91 Å². The van der Waals surface area contributed by atoms with Gasteiger partial charge in [0.2, 0.25) is 0 Å². The Morgan fingerprint density at radius 2 is 2.19 bits per heavy atom. The largest absolute Gasteiger partial charge is 0.469 e. The average molecular weight is 290 g/mol. The van der Waals surface area contributed by atoms with E-state index >= 15 is 0 Å². The van der Waals surface area contributed by atoms with Crippen molar-refractivity contribution in [2.24, 2.45) is 5.92 Å². The van der Waals surface area contributed by atoms with Crippen molar-refractivity contribution in [2.45, 2.75) is 19.8 Å². The topological polar surface area (TPSA) is 58.6 Å². The number of methoxy groups -OCH3 is 1. The van der Waals surface area contributed by atoms with Crippen molar-refractivity contribution in [3.05, 3.63) is 29.3 Å². The first kappa shape index (κ1) is 15.4. The second-order valence-corrected chi connectivity index (χ2v) is 5.47. The van der Waals surface area contributed by atoms with Gasteiger partial charge in [0, 0.05) is 31.4 Å². The van der Waals surface area contributed by atoms with E-state index in [1.54, 1.807) is 18.9 Å². The van der Waals surface area contributed by atoms with Gasteiger partial charge in [-0.05, 0) is 30.5 Å². The molecule has 1 aliphatic rings. The van der Waals surface area contributed by atoms with Gasteiger partial charge in [-0.2, -0.15) is 0 Å². The summed E-state index contributed by atoms with van der Waals surface area (Å²) in [5.41, 5.74) is 2.84. The molecule has 5 heteroatoms. The average Bonchev–Trinajstić information content (AvgIpc) is 2.52. The lowest BCUT2D eigenvalue weighted by molar-refractivity contribution is -0.145. The predicted octanol–water partition coefficient (Wildman–Crippen LogP) is 1.93. The van der Waals surface area contributed by atoms with Crippen molar-refractivity contribution in [1.29, 1.82) is 0 Å². The first-order valence-electron chi connectivity index (χ1n) is 7.23. The molecule has 0 saturated carbocycles. The Morgan fingerprint density at radius 1 is 1.43 bits per heavy atom. The van der Waals surface area contributed by atoms with E-state index in [9.17, 15) is 9.59 Å². The van der Waals surface area contributed by atoms with Crippen molar-refractivity contribution in [3.8, 4) is 0 Å². The van der Waals surface area contributed by atoms with E-state index in [1.807, 2.05) is 18.2 Å². The maximum absolute atomic E-state index is 12.6. The van der Waals surface area contributed by atoms with Crippen molar-refractivity contribution < 1.29 is 14.3 Å². The van der Waals surface area contributed by atoms with E-state index < -0.39 is 0 Å². The van der Waals surface area contributed by atoms with Crippen LogP contribution in [0.3, 0.4) is 0 Å². The number of carbonyl (C=O) groups excluding carboxylic acids is 2. The van der Waals surface area contributed by atoms with Gasteiger partial charge in [0.1, 0.15) is 0 Å². The van der Waals surface area contributed by atoms with Crippen molar-refractivity contribution in [3.63, 3.8) is 0 Å². The molecule has 5 nitrogen and oxygen atoms in total. The Balaban J connectivity index is 2.14. The third kappa shape index (κ3) is 3.35. The maximum Gasteiger partial charge on any atom is 0.310 e. The number of nitrogens with one attached hydrogen (secondary N) is 1. The van der Waals surface area contributed by atoms with Crippen LogP contribution in [0.2, 0.25) is 0 Å². The van der Waals surface area contributed by atoms with Crippen LogP contribution in [0.1, 0.15) is 29.3 Å². The number of rotatable bonds is 4. The number of benzene rings is 1. The highest BCUT2D eigenvalue weighted by Crippen LogP contribution is 2.26. The number of amides is 1. The Hall–Kier alpha value is -2.04. The summed E-state index contributed by atoms with van der Waals surface area (Å²) in [7, 11) is 3.08. The minimum absolute atomic E-state index is 0.0497. The van der Waals surface area contributed by atoms with E-state index in [2.05, 4.69) is 5.32 Å². The molecule has 0 spiro atoms. The summed E-state index contributed by atoms with van der Waals surface area (Å²) < 4.78 is 4.70. The fourth-order valence-electron chi connectivity index (χ4n) is 2.69. The van der Waals surface area contributed by atoms with Crippen LogP contribution in [0.4, 0.5) is 5.69 Å². The highest BCUT2D eigenvalue weighted by atomic mass is 16.5. The normalized spacial score (nSPS) is 14.6. The standard InChI is InChI=1S/C16H22N2O3/c1-11(16(20)21-3)10-18(2)15(19)13-6-4-8-14-12(13)7-5-9-17-14/h4,6,8,11,17H,5,7,9-10H2,1-3H3. The second kappa shape index (κ2) is 6.61. The number of esters is 1. The lowest BCUT2D eigenvalue weighted by atomic mass is 9.96. The first-order valence-corrected chi connectivity index (χ1v) is 7.23. The Labute approximate surface area is 125 Å². The lowest BCUT2D eigenvalue weighted by Gasteiger charge is -2.24. The van der Waals surface area contributed by atoms with Crippen LogP contribution in [0, 0.1) is 5.92 Å². The molecule has 1 aromatic rings. The maximum atomic E-state index is 12.6. The quantitative estimate of drug-likeness (QED) is 0.861. The van der Waals surface area contributed by atoms with E-state index in [4.69, 9.17) is 4.74 Å². The number of carbonyl (C=O) groups is 2. The SMILES string of the molecule is COC(=O)C(C)CN(C)C(=O)c1cccc2c1CCCN2. The van der Waals surface area contributed by atoms with Crippen LogP contribution >= 0.6 is 0 Å². The molecule has 0 aromatic heterocycles. The van der Waals surface area contributed by atoms with E-state index in [-0.39, 0.29) is 17.8 Å². The van der Waals surface area contributed by atoms with Gasteiger partial charge in [-0.1, -0.05) is 13.0 Å². The highest BCUT2D eigenvalue weighted by molar-refractivity contribution is 5.97. The Morgan fingerprint density at radius 3 is 2.90 bits per heavy atom. The number of anilines is 1. The molecule has 0 saturated heterocycles. The molecule has 1 aliphatic heterocycles. The number of fused-ring (bicyclic) bond motifs is 1. The summed E-state index contributed by atoms with van der Waals surface area (Å²) >= 11 is 0. The van der Waals surface area contributed by atoms with Crippen LogP contribution in [0.25, 0.3) is 0 Å². The predicted molar refractivity (Wildman–Crippen MR) is 81.4 cm³/mol. The number of nitrogens with zero attached hydrogens (tertiary/aromatic N) is 1. The summed E-state index contributed by atoms with van der Waals surface area (Å²) in [6.07, 6.45) is 1.93. The van der Waals surface area contributed by atoms with E-state index in [0.717, 1.165) is 36.2 Å². The summed E-state index contributed by atoms with van der Waals surface area (Å²) in [5, 5.41) is 3.32. The molecular formula is C16H22N2O3. The van der Waals surface area contributed by atoms with Crippen molar-refractivity contribution in [2.75, 3.05) is 32.6 Å².